The van der Waals surface area contributed by atoms with Crippen LogP contribution in [0.4, 0.5) is 4.39 Å². The van der Waals surface area contributed by atoms with E-state index in [9.17, 15) is 14.4 Å². The van der Waals surface area contributed by atoms with Gasteiger partial charge in [0, 0.05) is 25.9 Å². The van der Waals surface area contributed by atoms with Crippen molar-refractivity contribution in [2.45, 2.75) is 18.9 Å². The second-order valence-electron chi connectivity index (χ2n) is 4.16. The Hall–Kier alpha value is -1.73. The molecule has 3 nitrogen and oxygen atoms in total. The molecule has 1 aliphatic rings. The number of carbonyl (C=O) groups is 1. The molecule has 1 saturated heterocycles. The molecule has 0 N–H and O–H groups in total. The number of carbonyl (C=O) groups excluding carboxylic acids is 1. The zero-order valence-corrected chi connectivity index (χ0v) is 9.40. The highest BCUT2D eigenvalue weighted by Gasteiger charge is 2.24. The highest BCUT2D eigenvalue weighted by Crippen LogP contribution is 2.23. The SMILES string of the molecule is N#CC(c1ccc(F)cc1)N1CCC(=O)CC1. The number of nitriles is 1. The first-order valence-corrected chi connectivity index (χ1v) is 5.61. The van der Waals surface area contributed by atoms with Gasteiger partial charge in [-0.05, 0) is 17.7 Å². The monoisotopic (exact) mass is 232 g/mol. The zero-order chi connectivity index (χ0) is 12.3. The van der Waals surface area contributed by atoms with Crippen molar-refractivity contribution in [1.29, 1.82) is 5.26 Å². The molecule has 1 aromatic rings. The van der Waals surface area contributed by atoms with Gasteiger partial charge in [0.2, 0.25) is 0 Å². The van der Waals surface area contributed by atoms with Crippen LogP contribution in [0.1, 0.15) is 24.4 Å². The Bertz CT molecular complexity index is 439. The number of ketones is 1. The Labute approximate surface area is 99.5 Å². The predicted octanol–water partition coefficient (Wildman–Crippen LogP) is 2.06. The summed E-state index contributed by atoms with van der Waals surface area (Å²) in [7, 11) is 0. The standard InChI is InChI=1S/C13H13FN2O/c14-11-3-1-10(2-4-11)13(9-15)16-7-5-12(17)6-8-16/h1-4,13H,5-8H2. The van der Waals surface area contributed by atoms with Crippen LogP contribution in [0.5, 0.6) is 0 Å². The summed E-state index contributed by atoms with van der Waals surface area (Å²) in [6.07, 6.45) is 0.999. The number of piperidine rings is 1. The maximum Gasteiger partial charge on any atom is 0.135 e. The van der Waals surface area contributed by atoms with Gasteiger partial charge < -0.3 is 0 Å². The van der Waals surface area contributed by atoms with Gasteiger partial charge in [0.25, 0.3) is 0 Å². The van der Waals surface area contributed by atoms with Gasteiger partial charge in [-0.2, -0.15) is 5.26 Å². The molecular weight excluding hydrogens is 219 g/mol. The molecule has 1 aliphatic heterocycles. The molecule has 0 amide bonds. The summed E-state index contributed by atoms with van der Waals surface area (Å²) in [4.78, 5) is 13.1. The van der Waals surface area contributed by atoms with Crippen LogP contribution in [0.15, 0.2) is 24.3 Å². The fraction of sp³-hybridized carbons (Fsp3) is 0.385. The maximum absolute atomic E-state index is 12.8. The minimum Gasteiger partial charge on any atom is -0.300 e. The van der Waals surface area contributed by atoms with Gasteiger partial charge in [-0.15, -0.1) is 0 Å². The Kier molecular flexibility index (Phi) is 3.50. The van der Waals surface area contributed by atoms with Crippen molar-refractivity contribution in [3.8, 4) is 6.07 Å². The van der Waals surface area contributed by atoms with E-state index in [1.807, 2.05) is 4.90 Å². The molecule has 0 saturated carbocycles. The van der Waals surface area contributed by atoms with Crippen LogP contribution in [0, 0.1) is 17.1 Å². The fourth-order valence-electron chi connectivity index (χ4n) is 2.04. The third-order valence-corrected chi connectivity index (χ3v) is 3.03. The summed E-state index contributed by atoms with van der Waals surface area (Å²) >= 11 is 0. The fourth-order valence-corrected chi connectivity index (χ4v) is 2.04. The molecule has 0 spiro atoms. The van der Waals surface area contributed by atoms with E-state index < -0.39 is 0 Å². The van der Waals surface area contributed by atoms with Gasteiger partial charge in [-0.1, -0.05) is 12.1 Å². The van der Waals surface area contributed by atoms with Gasteiger partial charge in [0.05, 0.1) is 6.07 Å². The topological polar surface area (TPSA) is 44.1 Å². The number of nitrogens with zero attached hydrogens (tertiary/aromatic N) is 2. The summed E-state index contributed by atoms with van der Waals surface area (Å²) in [5.74, 6) is -0.0590. The number of likely N-dealkylation sites (tertiary alicyclic amines) is 1. The van der Waals surface area contributed by atoms with E-state index in [0.29, 0.717) is 25.9 Å². The van der Waals surface area contributed by atoms with Gasteiger partial charge in [-0.25, -0.2) is 4.39 Å². The van der Waals surface area contributed by atoms with Crippen molar-refractivity contribution in [1.82, 2.24) is 4.90 Å². The lowest BCUT2D eigenvalue weighted by Crippen LogP contribution is -2.36. The van der Waals surface area contributed by atoms with E-state index in [1.54, 1.807) is 12.1 Å². The lowest BCUT2D eigenvalue weighted by atomic mass is 10.0. The number of rotatable bonds is 2. The second-order valence-corrected chi connectivity index (χ2v) is 4.16. The Morgan fingerprint density at radius 3 is 2.35 bits per heavy atom. The molecule has 2 rings (SSSR count). The number of hydrogen-bond donors (Lipinski definition) is 0. The van der Waals surface area contributed by atoms with Crippen LogP contribution in [0.2, 0.25) is 0 Å². The summed E-state index contributed by atoms with van der Waals surface area (Å²) < 4.78 is 12.8. The van der Waals surface area contributed by atoms with Crippen LogP contribution < -0.4 is 0 Å². The van der Waals surface area contributed by atoms with E-state index in [0.717, 1.165) is 5.56 Å². The molecule has 0 aliphatic carbocycles. The molecule has 4 heteroatoms. The van der Waals surface area contributed by atoms with Gasteiger partial charge in [0.15, 0.2) is 0 Å². The Balaban J connectivity index is 2.14. The van der Waals surface area contributed by atoms with Crippen molar-refractivity contribution in [3.63, 3.8) is 0 Å². The minimum atomic E-state index is -0.385. The second kappa shape index (κ2) is 5.07. The molecule has 0 aromatic heterocycles. The van der Waals surface area contributed by atoms with Crippen LogP contribution in [-0.4, -0.2) is 23.8 Å². The van der Waals surface area contributed by atoms with E-state index in [1.165, 1.54) is 12.1 Å². The average molecular weight is 232 g/mol. The summed E-state index contributed by atoms with van der Waals surface area (Å²) in [6, 6.07) is 7.79. The summed E-state index contributed by atoms with van der Waals surface area (Å²) in [5.41, 5.74) is 0.781. The first kappa shape index (κ1) is 11.7. The molecule has 1 fully saturated rings. The minimum absolute atomic E-state index is 0.247. The smallest absolute Gasteiger partial charge is 0.135 e. The molecule has 0 radical (unpaired) electrons. The Morgan fingerprint density at radius 2 is 1.82 bits per heavy atom. The zero-order valence-electron chi connectivity index (χ0n) is 9.40. The number of benzene rings is 1. The van der Waals surface area contributed by atoms with E-state index in [-0.39, 0.29) is 17.6 Å². The molecule has 1 unspecified atom stereocenters. The molecular formula is C13H13FN2O. The first-order valence-electron chi connectivity index (χ1n) is 5.61. The molecule has 1 aromatic carbocycles. The third kappa shape index (κ3) is 2.69. The van der Waals surface area contributed by atoms with Crippen LogP contribution in [0.25, 0.3) is 0 Å². The maximum atomic E-state index is 12.8. The van der Waals surface area contributed by atoms with Crippen LogP contribution in [0.3, 0.4) is 0 Å². The number of Topliss-reactive ketones (excluding diaryl/α,β-unsaturated/α-hetero) is 1. The quantitative estimate of drug-likeness (QED) is 0.783. The van der Waals surface area contributed by atoms with E-state index in [4.69, 9.17) is 0 Å². The average Bonchev–Trinajstić information content (AvgIpc) is 2.35. The van der Waals surface area contributed by atoms with E-state index >= 15 is 0 Å². The first-order chi connectivity index (χ1) is 8.20. The molecule has 17 heavy (non-hydrogen) atoms. The largest absolute Gasteiger partial charge is 0.300 e. The predicted molar refractivity (Wildman–Crippen MR) is 60.6 cm³/mol. The van der Waals surface area contributed by atoms with Crippen molar-refractivity contribution >= 4 is 5.78 Å². The van der Waals surface area contributed by atoms with Gasteiger partial charge in [-0.3, -0.25) is 9.69 Å². The molecule has 1 atom stereocenters. The lowest BCUT2D eigenvalue weighted by molar-refractivity contribution is -0.121. The summed E-state index contributed by atoms with van der Waals surface area (Å²) in [6.45, 7) is 1.21. The van der Waals surface area contributed by atoms with Crippen molar-refractivity contribution < 1.29 is 9.18 Å². The van der Waals surface area contributed by atoms with Gasteiger partial charge >= 0.3 is 0 Å². The highest BCUT2D eigenvalue weighted by atomic mass is 19.1. The third-order valence-electron chi connectivity index (χ3n) is 3.03. The van der Waals surface area contributed by atoms with E-state index in [2.05, 4.69) is 6.07 Å². The Morgan fingerprint density at radius 1 is 1.24 bits per heavy atom. The summed E-state index contributed by atoms with van der Waals surface area (Å²) in [5, 5.41) is 9.20. The van der Waals surface area contributed by atoms with Crippen LogP contribution >= 0.6 is 0 Å². The van der Waals surface area contributed by atoms with Crippen molar-refractivity contribution in [2.75, 3.05) is 13.1 Å². The lowest BCUT2D eigenvalue weighted by Gasteiger charge is -2.30. The number of hydrogen-bond acceptors (Lipinski definition) is 3. The van der Waals surface area contributed by atoms with Crippen molar-refractivity contribution in [3.05, 3.63) is 35.6 Å². The molecule has 0 bridgehead atoms. The van der Waals surface area contributed by atoms with Gasteiger partial charge in [0.1, 0.15) is 17.6 Å². The van der Waals surface area contributed by atoms with Crippen molar-refractivity contribution in [2.24, 2.45) is 0 Å². The normalized spacial score (nSPS) is 18.7. The van der Waals surface area contributed by atoms with Crippen LogP contribution in [-0.2, 0) is 4.79 Å². The molecule has 88 valence electrons. The number of halogens is 1. The highest BCUT2D eigenvalue weighted by molar-refractivity contribution is 5.79. The molecule has 1 heterocycles.